The first-order valence-electron chi connectivity index (χ1n) is 6.23. The smallest absolute Gasteiger partial charge is 0.292 e. The van der Waals surface area contributed by atoms with Gasteiger partial charge in [-0.25, -0.2) is 0 Å². The molecule has 0 unspecified atom stereocenters. The first-order chi connectivity index (χ1) is 9.47. The van der Waals surface area contributed by atoms with Crippen LogP contribution in [0.4, 0.5) is 11.4 Å². The van der Waals surface area contributed by atoms with Gasteiger partial charge < -0.3 is 10.2 Å². The average Bonchev–Trinajstić information content (AvgIpc) is 2.77. The summed E-state index contributed by atoms with van der Waals surface area (Å²) in [6.07, 6.45) is 0. The Morgan fingerprint density at radius 2 is 2.05 bits per heavy atom. The van der Waals surface area contributed by atoms with E-state index in [1.165, 1.54) is 6.07 Å². The highest BCUT2D eigenvalue weighted by molar-refractivity contribution is 5.62. The Morgan fingerprint density at radius 1 is 1.30 bits per heavy atom. The summed E-state index contributed by atoms with van der Waals surface area (Å²) in [7, 11) is 1.91. The Hall–Kier alpha value is -2.34. The lowest BCUT2D eigenvalue weighted by Crippen LogP contribution is -2.18. The second kappa shape index (κ2) is 5.75. The molecule has 106 valence electrons. The number of nitrogen functional groups attached to an aromatic ring is 1. The summed E-state index contributed by atoms with van der Waals surface area (Å²) in [6, 6.07) is 8.68. The van der Waals surface area contributed by atoms with E-state index < -0.39 is 4.92 Å². The molecule has 0 radical (unpaired) electrons. The lowest BCUT2D eigenvalue weighted by molar-refractivity contribution is -0.384. The third kappa shape index (κ3) is 3.16. The van der Waals surface area contributed by atoms with Crippen LogP contribution in [0.25, 0.3) is 0 Å². The number of nitrogens with zero attached hydrogens (tertiary/aromatic N) is 2. The molecule has 2 aromatic rings. The molecule has 1 heterocycles. The van der Waals surface area contributed by atoms with Crippen molar-refractivity contribution in [2.24, 2.45) is 0 Å². The number of furan rings is 1. The maximum Gasteiger partial charge on any atom is 0.292 e. The van der Waals surface area contributed by atoms with E-state index in [4.69, 9.17) is 10.2 Å². The molecule has 1 aromatic heterocycles. The van der Waals surface area contributed by atoms with E-state index in [-0.39, 0.29) is 11.4 Å². The second-order valence-corrected chi connectivity index (χ2v) is 4.79. The first-order valence-corrected chi connectivity index (χ1v) is 6.23. The topological polar surface area (TPSA) is 85.5 Å². The Bertz CT molecular complexity index is 622. The van der Waals surface area contributed by atoms with Crippen LogP contribution >= 0.6 is 0 Å². The van der Waals surface area contributed by atoms with Crippen molar-refractivity contribution in [3.05, 3.63) is 57.5 Å². The molecule has 0 aliphatic heterocycles. The van der Waals surface area contributed by atoms with Crippen molar-refractivity contribution in [2.45, 2.75) is 20.0 Å². The van der Waals surface area contributed by atoms with E-state index >= 15 is 0 Å². The number of aryl methyl sites for hydroxylation is 1. The molecule has 0 saturated carbocycles. The summed E-state index contributed by atoms with van der Waals surface area (Å²) in [5.41, 5.74) is 6.75. The molecule has 2 N–H and O–H groups in total. The van der Waals surface area contributed by atoms with Gasteiger partial charge in [0.2, 0.25) is 0 Å². The molecule has 0 bridgehead atoms. The van der Waals surface area contributed by atoms with Crippen molar-refractivity contribution < 1.29 is 9.34 Å². The van der Waals surface area contributed by atoms with Gasteiger partial charge in [-0.3, -0.25) is 15.0 Å². The number of rotatable bonds is 5. The highest BCUT2D eigenvalue weighted by atomic mass is 16.6. The Labute approximate surface area is 116 Å². The van der Waals surface area contributed by atoms with Crippen molar-refractivity contribution in [1.82, 2.24) is 4.90 Å². The van der Waals surface area contributed by atoms with Crippen molar-refractivity contribution in [3.8, 4) is 0 Å². The number of hydrogen-bond donors (Lipinski definition) is 1. The number of nitrogens with two attached hydrogens (primary N) is 1. The molecule has 2 rings (SSSR count). The molecule has 1 aromatic carbocycles. The van der Waals surface area contributed by atoms with Crippen molar-refractivity contribution in [1.29, 1.82) is 0 Å². The van der Waals surface area contributed by atoms with Gasteiger partial charge >= 0.3 is 0 Å². The van der Waals surface area contributed by atoms with Gasteiger partial charge in [-0.1, -0.05) is 12.1 Å². The Kier molecular flexibility index (Phi) is 4.05. The van der Waals surface area contributed by atoms with Crippen LogP contribution in [0.1, 0.15) is 17.1 Å². The van der Waals surface area contributed by atoms with Gasteiger partial charge in [-0.2, -0.15) is 0 Å². The number of nitro groups is 1. The van der Waals surface area contributed by atoms with Gasteiger partial charge in [-0.15, -0.1) is 0 Å². The van der Waals surface area contributed by atoms with Crippen molar-refractivity contribution in [3.63, 3.8) is 0 Å². The van der Waals surface area contributed by atoms with Gasteiger partial charge in [0, 0.05) is 12.6 Å². The number of anilines is 1. The zero-order chi connectivity index (χ0) is 14.7. The molecule has 0 fully saturated rings. The lowest BCUT2D eigenvalue weighted by atomic mass is 10.1. The molecule has 0 amide bonds. The molecule has 20 heavy (non-hydrogen) atoms. The predicted molar refractivity (Wildman–Crippen MR) is 76.1 cm³/mol. The lowest BCUT2D eigenvalue weighted by Gasteiger charge is -2.16. The van der Waals surface area contributed by atoms with Gasteiger partial charge in [0.25, 0.3) is 5.69 Å². The minimum Gasteiger partial charge on any atom is -0.465 e. The van der Waals surface area contributed by atoms with Crippen LogP contribution in [-0.4, -0.2) is 16.9 Å². The summed E-state index contributed by atoms with van der Waals surface area (Å²) in [5.74, 6) is 1.72. The normalized spacial score (nSPS) is 10.9. The third-order valence-electron chi connectivity index (χ3n) is 3.03. The fraction of sp³-hybridized carbons (Fsp3) is 0.286. The SMILES string of the molecule is Cc1ccc(CN(C)Cc2cccc([N+](=O)[O-])c2N)o1. The van der Waals surface area contributed by atoms with Crippen LogP contribution in [0.5, 0.6) is 0 Å². The number of para-hydroxylation sites is 1. The summed E-state index contributed by atoms with van der Waals surface area (Å²) >= 11 is 0. The minimum absolute atomic E-state index is 0.0512. The van der Waals surface area contributed by atoms with E-state index in [9.17, 15) is 10.1 Å². The molecule has 0 saturated heterocycles. The van der Waals surface area contributed by atoms with E-state index in [0.29, 0.717) is 13.1 Å². The van der Waals surface area contributed by atoms with Gasteiger partial charge in [0.05, 0.1) is 11.5 Å². The largest absolute Gasteiger partial charge is 0.465 e. The van der Waals surface area contributed by atoms with Gasteiger partial charge in [0.15, 0.2) is 0 Å². The van der Waals surface area contributed by atoms with E-state index in [2.05, 4.69) is 0 Å². The fourth-order valence-electron chi connectivity index (χ4n) is 2.08. The number of hydrogen-bond acceptors (Lipinski definition) is 5. The molecule has 0 atom stereocenters. The van der Waals surface area contributed by atoms with Crippen LogP contribution in [-0.2, 0) is 13.1 Å². The molecule has 0 spiro atoms. The predicted octanol–water partition coefficient (Wildman–Crippen LogP) is 2.71. The maximum absolute atomic E-state index is 10.9. The highest BCUT2D eigenvalue weighted by Crippen LogP contribution is 2.25. The molecule has 0 aliphatic rings. The van der Waals surface area contributed by atoms with Gasteiger partial charge in [0.1, 0.15) is 17.2 Å². The monoisotopic (exact) mass is 275 g/mol. The zero-order valence-electron chi connectivity index (χ0n) is 11.5. The molecular formula is C14H17N3O3. The van der Waals surface area contributed by atoms with E-state index in [1.54, 1.807) is 12.1 Å². The van der Waals surface area contributed by atoms with Crippen LogP contribution in [0.2, 0.25) is 0 Å². The maximum atomic E-state index is 10.9. The number of nitro benzene ring substituents is 1. The molecule has 0 aliphatic carbocycles. The Morgan fingerprint density at radius 3 is 2.65 bits per heavy atom. The highest BCUT2D eigenvalue weighted by Gasteiger charge is 2.15. The van der Waals surface area contributed by atoms with E-state index in [1.807, 2.05) is 31.0 Å². The summed E-state index contributed by atoms with van der Waals surface area (Å²) < 4.78 is 5.50. The van der Waals surface area contributed by atoms with Crippen LogP contribution in [0.15, 0.2) is 34.7 Å². The van der Waals surface area contributed by atoms with Crippen LogP contribution < -0.4 is 5.73 Å². The summed E-state index contributed by atoms with van der Waals surface area (Å²) in [5, 5.41) is 10.9. The van der Waals surface area contributed by atoms with Crippen molar-refractivity contribution in [2.75, 3.05) is 12.8 Å². The summed E-state index contributed by atoms with van der Waals surface area (Å²) in [6.45, 7) is 3.03. The van der Waals surface area contributed by atoms with E-state index in [0.717, 1.165) is 17.1 Å². The first kappa shape index (κ1) is 14.1. The van der Waals surface area contributed by atoms with Gasteiger partial charge in [-0.05, 0) is 31.7 Å². The standard InChI is InChI=1S/C14H17N3O3/c1-10-6-7-12(20-10)9-16(2)8-11-4-3-5-13(14(11)15)17(18)19/h3-7H,8-9,15H2,1-2H3. The summed E-state index contributed by atoms with van der Waals surface area (Å²) in [4.78, 5) is 12.4. The third-order valence-corrected chi connectivity index (χ3v) is 3.03. The zero-order valence-corrected chi connectivity index (χ0v) is 11.5. The number of benzene rings is 1. The second-order valence-electron chi connectivity index (χ2n) is 4.79. The fourth-order valence-corrected chi connectivity index (χ4v) is 2.08. The van der Waals surface area contributed by atoms with Crippen LogP contribution in [0.3, 0.4) is 0 Å². The average molecular weight is 275 g/mol. The molecule has 6 heteroatoms. The Balaban J connectivity index is 2.09. The van der Waals surface area contributed by atoms with Crippen LogP contribution in [0, 0.1) is 17.0 Å². The van der Waals surface area contributed by atoms with Crippen molar-refractivity contribution >= 4 is 11.4 Å². The molecular weight excluding hydrogens is 258 g/mol. The minimum atomic E-state index is -0.464. The quantitative estimate of drug-likeness (QED) is 0.515. The molecule has 6 nitrogen and oxygen atoms in total.